The fourth-order valence-electron chi connectivity index (χ4n) is 2.70. The summed E-state index contributed by atoms with van der Waals surface area (Å²) in [6.07, 6.45) is 4.33. The molecule has 1 unspecified atom stereocenters. The zero-order valence-corrected chi connectivity index (χ0v) is 15.7. The summed E-state index contributed by atoms with van der Waals surface area (Å²) < 4.78 is 21.8. The molecule has 0 aliphatic heterocycles. The normalized spacial score (nSPS) is 12.0. The quantitative estimate of drug-likeness (QED) is 0.675. The molecule has 2 heterocycles. The number of carbonyl (C=O) groups is 1. The van der Waals surface area contributed by atoms with Gasteiger partial charge in [-0.05, 0) is 30.5 Å². The molecular weight excluding hydrogens is 372 g/mol. The fraction of sp³-hybridized carbons (Fsp3) is 0.176. The van der Waals surface area contributed by atoms with Gasteiger partial charge in [0.1, 0.15) is 5.69 Å². The maximum absolute atomic E-state index is 12.1. The molecule has 7 nitrogen and oxygen atoms in total. The second kappa shape index (κ2) is 7.81. The minimum absolute atomic E-state index is 0.0154. The van der Waals surface area contributed by atoms with Crippen LogP contribution in [-0.2, 0) is 16.8 Å². The second-order valence-corrected chi connectivity index (χ2v) is 7.39. The highest BCUT2D eigenvalue weighted by Crippen LogP contribution is 2.31. The number of amides is 1. The smallest absolute Gasteiger partial charge is 0.277 e. The van der Waals surface area contributed by atoms with Crippen molar-refractivity contribution in [3.63, 3.8) is 0 Å². The van der Waals surface area contributed by atoms with E-state index in [1.165, 1.54) is 29.9 Å². The molecule has 1 atom stereocenters. The van der Waals surface area contributed by atoms with E-state index in [9.17, 15) is 13.6 Å². The molecule has 0 bridgehead atoms. The molecule has 0 radical (unpaired) electrons. The molecule has 26 heavy (non-hydrogen) atoms. The number of hydrogen-bond acceptors (Lipinski definition) is 7. The SMILES string of the molecule is Cc1cc(CS(=O)[O-])cc(C)c1-c1csc(NC(=O)c2cnccn2)n1. The fourth-order valence-corrected chi connectivity index (χ4v) is 3.84. The van der Waals surface area contributed by atoms with Crippen LogP contribution in [0.4, 0.5) is 5.13 Å². The van der Waals surface area contributed by atoms with Gasteiger partial charge in [0.15, 0.2) is 5.13 Å². The van der Waals surface area contributed by atoms with Crippen LogP contribution in [0.25, 0.3) is 11.3 Å². The van der Waals surface area contributed by atoms with Crippen molar-refractivity contribution in [1.82, 2.24) is 15.0 Å². The first-order valence-corrected chi connectivity index (χ1v) is 9.75. The zero-order chi connectivity index (χ0) is 18.7. The van der Waals surface area contributed by atoms with E-state index in [4.69, 9.17) is 0 Å². The van der Waals surface area contributed by atoms with Crippen LogP contribution in [0.1, 0.15) is 27.2 Å². The molecule has 0 aliphatic carbocycles. The average Bonchev–Trinajstić information content (AvgIpc) is 3.02. The highest BCUT2D eigenvalue weighted by molar-refractivity contribution is 7.78. The van der Waals surface area contributed by atoms with Crippen molar-refractivity contribution in [2.75, 3.05) is 5.32 Å². The Balaban J connectivity index is 1.84. The Bertz CT molecular complexity index is 950. The summed E-state index contributed by atoms with van der Waals surface area (Å²) in [6, 6.07) is 3.69. The van der Waals surface area contributed by atoms with E-state index in [0.717, 1.165) is 27.9 Å². The van der Waals surface area contributed by atoms with E-state index >= 15 is 0 Å². The summed E-state index contributed by atoms with van der Waals surface area (Å²) >= 11 is -0.817. The van der Waals surface area contributed by atoms with Crippen LogP contribution in [-0.4, -0.2) is 29.6 Å². The van der Waals surface area contributed by atoms with Crippen molar-refractivity contribution in [3.05, 3.63) is 58.5 Å². The monoisotopic (exact) mass is 387 g/mol. The Hall–Kier alpha value is -2.49. The van der Waals surface area contributed by atoms with Gasteiger partial charge in [0, 0.05) is 29.1 Å². The lowest BCUT2D eigenvalue weighted by Gasteiger charge is -2.12. The van der Waals surface area contributed by atoms with E-state index in [1.54, 1.807) is 0 Å². The summed E-state index contributed by atoms with van der Waals surface area (Å²) in [5.74, 6) is -0.390. The Kier molecular flexibility index (Phi) is 5.50. The number of nitrogens with one attached hydrogen (secondary N) is 1. The number of nitrogens with zero attached hydrogens (tertiary/aromatic N) is 3. The van der Waals surface area contributed by atoms with Crippen LogP contribution in [0.5, 0.6) is 0 Å². The minimum Gasteiger partial charge on any atom is -0.772 e. The molecule has 3 aromatic rings. The summed E-state index contributed by atoms with van der Waals surface area (Å²) in [4.78, 5) is 24.4. The molecule has 1 aromatic carbocycles. The van der Waals surface area contributed by atoms with E-state index in [-0.39, 0.29) is 17.4 Å². The number of anilines is 1. The van der Waals surface area contributed by atoms with Crippen molar-refractivity contribution >= 4 is 33.5 Å². The van der Waals surface area contributed by atoms with Crippen LogP contribution in [0.3, 0.4) is 0 Å². The second-order valence-electron chi connectivity index (χ2n) is 5.64. The predicted octanol–water partition coefficient (Wildman–Crippen LogP) is 2.85. The van der Waals surface area contributed by atoms with Crippen LogP contribution >= 0.6 is 11.3 Å². The van der Waals surface area contributed by atoms with Crippen LogP contribution in [0.15, 0.2) is 36.1 Å². The number of aryl methyl sites for hydroxylation is 2. The third-order valence-corrected chi connectivity index (χ3v) is 4.98. The molecule has 0 saturated heterocycles. The Morgan fingerprint density at radius 3 is 2.62 bits per heavy atom. The molecule has 0 saturated carbocycles. The van der Waals surface area contributed by atoms with E-state index in [2.05, 4.69) is 20.3 Å². The van der Waals surface area contributed by atoms with Crippen molar-refractivity contribution in [1.29, 1.82) is 0 Å². The Labute approximate surface area is 156 Å². The number of thiazole rings is 1. The summed E-state index contributed by atoms with van der Waals surface area (Å²) in [7, 11) is 0. The molecule has 0 aliphatic rings. The molecule has 3 rings (SSSR count). The summed E-state index contributed by atoms with van der Waals surface area (Å²) in [5, 5.41) is 5.02. The van der Waals surface area contributed by atoms with Gasteiger partial charge in [-0.25, -0.2) is 9.97 Å². The molecule has 1 N–H and O–H groups in total. The third-order valence-electron chi connectivity index (χ3n) is 3.65. The standard InChI is InChI=1S/C17H16N4O3S2/c1-10-5-12(9-26(23)24)6-11(2)15(10)14-8-25-17(20-14)21-16(22)13-7-18-3-4-19-13/h3-8H,9H2,1-2H3,(H,23,24)(H,20,21,22)/p-1. The third kappa shape index (κ3) is 4.18. The van der Waals surface area contributed by atoms with Crippen molar-refractivity contribution in [3.8, 4) is 11.3 Å². The van der Waals surface area contributed by atoms with E-state index in [0.29, 0.717) is 5.13 Å². The largest absolute Gasteiger partial charge is 0.772 e. The molecular formula is C17H15N4O3S2-. The highest BCUT2D eigenvalue weighted by Gasteiger charge is 2.14. The first kappa shape index (κ1) is 18.3. The lowest BCUT2D eigenvalue weighted by atomic mass is 9.98. The van der Waals surface area contributed by atoms with Gasteiger partial charge in [0.25, 0.3) is 5.91 Å². The predicted molar refractivity (Wildman–Crippen MR) is 99.6 cm³/mol. The van der Waals surface area contributed by atoms with Crippen LogP contribution in [0, 0.1) is 13.8 Å². The zero-order valence-electron chi connectivity index (χ0n) is 14.1. The van der Waals surface area contributed by atoms with Gasteiger partial charge < -0.3 is 4.55 Å². The van der Waals surface area contributed by atoms with Gasteiger partial charge in [-0.15, -0.1) is 11.3 Å². The van der Waals surface area contributed by atoms with Crippen LogP contribution < -0.4 is 5.32 Å². The van der Waals surface area contributed by atoms with Crippen molar-refractivity contribution < 1.29 is 13.6 Å². The maximum atomic E-state index is 12.1. The topological polar surface area (TPSA) is 108 Å². The average molecular weight is 387 g/mol. The van der Waals surface area contributed by atoms with Gasteiger partial charge in [-0.2, -0.15) is 0 Å². The number of carbonyl (C=O) groups excluding carboxylic acids is 1. The summed E-state index contributed by atoms with van der Waals surface area (Å²) in [6.45, 7) is 3.83. The number of aromatic nitrogens is 3. The lowest BCUT2D eigenvalue weighted by Crippen LogP contribution is -2.13. The van der Waals surface area contributed by atoms with Crippen LogP contribution in [0.2, 0.25) is 0 Å². The van der Waals surface area contributed by atoms with Gasteiger partial charge in [-0.1, -0.05) is 23.2 Å². The molecule has 134 valence electrons. The van der Waals surface area contributed by atoms with Gasteiger partial charge in [-0.3, -0.25) is 19.3 Å². The maximum Gasteiger partial charge on any atom is 0.277 e. The number of rotatable bonds is 5. The number of hydrogen-bond donors (Lipinski definition) is 1. The molecule has 2 aromatic heterocycles. The van der Waals surface area contributed by atoms with E-state index < -0.39 is 11.1 Å². The minimum atomic E-state index is -2.13. The first-order valence-electron chi connectivity index (χ1n) is 7.63. The molecule has 1 amide bonds. The van der Waals surface area contributed by atoms with Crippen molar-refractivity contribution in [2.24, 2.45) is 0 Å². The summed E-state index contributed by atoms with van der Waals surface area (Å²) in [5.41, 5.74) is 4.48. The first-order chi connectivity index (χ1) is 12.4. The molecule has 0 fully saturated rings. The number of benzene rings is 1. The van der Waals surface area contributed by atoms with Gasteiger partial charge >= 0.3 is 0 Å². The van der Waals surface area contributed by atoms with Gasteiger partial charge in [0.05, 0.1) is 11.9 Å². The highest BCUT2D eigenvalue weighted by atomic mass is 32.2. The molecule has 0 spiro atoms. The van der Waals surface area contributed by atoms with Crippen molar-refractivity contribution in [2.45, 2.75) is 19.6 Å². The lowest BCUT2D eigenvalue weighted by molar-refractivity contribution is 0.102. The Morgan fingerprint density at radius 1 is 1.27 bits per heavy atom. The van der Waals surface area contributed by atoms with Gasteiger partial charge in [0.2, 0.25) is 0 Å². The Morgan fingerprint density at radius 2 is 2.00 bits per heavy atom. The molecule has 9 heteroatoms. The van der Waals surface area contributed by atoms with E-state index in [1.807, 2.05) is 31.4 Å².